The Morgan fingerprint density at radius 2 is 1.48 bits per heavy atom. The van der Waals surface area contributed by atoms with Gasteiger partial charge in [0.2, 0.25) is 0 Å². The van der Waals surface area contributed by atoms with Gasteiger partial charge in [0.1, 0.15) is 41.2 Å². The number of fused-ring (bicyclic) bond motifs is 4. The van der Waals surface area contributed by atoms with E-state index in [2.05, 4.69) is 73.0 Å². The molecule has 0 amide bonds. The van der Waals surface area contributed by atoms with E-state index in [4.69, 9.17) is 14.1 Å². The maximum absolute atomic E-state index is 9.19. The summed E-state index contributed by atoms with van der Waals surface area (Å²) in [4.78, 5) is 16.0. The molecule has 1 aliphatic carbocycles. The Kier molecular flexibility index (Phi) is 14.8. The zero-order valence-corrected chi connectivity index (χ0v) is 37.4. The molecule has 1 atom stereocenters. The van der Waals surface area contributed by atoms with Crippen molar-refractivity contribution in [3.8, 4) is 16.5 Å². The van der Waals surface area contributed by atoms with Crippen LogP contribution in [0.2, 0.25) is 0 Å². The molecule has 326 valence electrons. The number of oxazole rings is 1. The molecule has 3 aliphatic rings. The van der Waals surface area contributed by atoms with E-state index in [1.165, 1.54) is 40.8 Å². The van der Waals surface area contributed by atoms with E-state index in [1.807, 2.05) is 85.8 Å². The van der Waals surface area contributed by atoms with Gasteiger partial charge in [-0.15, -0.1) is 21.5 Å². The second-order valence-electron chi connectivity index (χ2n) is 16.2. The van der Waals surface area contributed by atoms with Crippen LogP contribution < -0.4 is 10.1 Å². The van der Waals surface area contributed by atoms with Crippen LogP contribution in [0.5, 0.6) is 11.5 Å². The van der Waals surface area contributed by atoms with Gasteiger partial charge in [-0.3, -0.25) is 19.4 Å². The number of anilines is 1. The molecule has 3 aromatic heterocycles. The van der Waals surface area contributed by atoms with E-state index in [-0.39, 0.29) is 6.04 Å². The normalized spacial score (nSPS) is 15.9. The summed E-state index contributed by atoms with van der Waals surface area (Å²) >= 11 is 1.77. The maximum atomic E-state index is 9.19. The minimum absolute atomic E-state index is 0.274. The molecule has 63 heavy (non-hydrogen) atoms. The molecule has 7 aromatic rings. The van der Waals surface area contributed by atoms with Gasteiger partial charge in [-0.2, -0.15) is 0 Å². The highest BCUT2D eigenvalue weighted by atomic mass is 32.1. The molecule has 0 saturated carbocycles. The number of aromatic hydroxyl groups is 1. The van der Waals surface area contributed by atoms with Gasteiger partial charge in [0, 0.05) is 67.5 Å². The summed E-state index contributed by atoms with van der Waals surface area (Å²) in [6.45, 7) is 14.3. The number of thiophene rings is 1. The van der Waals surface area contributed by atoms with Crippen LogP contribution in [0.3, 0.4) is 0 Å². The molecule has 1 saturated heterocycles. The minimum atomic E-state index is -0.274. The highest BCUT2D eigenvalue weighted by Crippen LogP contribution is 2.39. The van der Waals surface area contributed by atoms with Gasteiger partial charge in [0.25, 0.3) is 0 Å². The number of nitrogens with one attached hydrogen (secondary N) is 1. The number of phenolic OH excluding ortho intramolecular Hbond substituents is 1. The lowest BCUT2D eigenvalue weighted by atomic mass is 9.92. The van der Waals surface area contributed by atoms with Gasteiger partial charge in [0.15, 0.2) is 11.7 Å². The SMILES string of the molecule is Cc1sc2c(c1C)C(c1ccc(NCCN3CCN(CCOc4ccccc4)CC3)cc1)=NC(Cc1ncco1)c1nnc(C)n1-2.Oc1ccc2c(c1)CCCC2.c1ccccc1. The number of para-hydroxylation sites is 1. The van der Waals surface area contributed by atoms with E-state index >= 15 is 0 Å². The van der Waals surface area contributed by atoms with Crippen LogP contribution in [0.1, 0.15) is 69.1 Å². The number of aliphatic imine (C=N–C) groups is 1. The number of nitrogens with zero attached hydrogens (tertiary/aromatic N) is 7. The van der Waals surface area contributed by atoms with Crippen LogP contribution in [0.15, 0.2) is 131 Å². The second kappa shape index (κ2) is 21.3. The molecule has 4 aromatic carbocycles. The zero-order valence-electron chi connectivity index (χ0n) is 36.6. The molecule has 0 spiro atoms. The average Bonchev–Trinajstić information content (AvgIpc) is 4.03. The summed E-state index contributed by atoms with van der Waals surface area (Å²) < 4.78 is 13.7. The lowest BCUT2D eigenvalue weighted by molar-refractivity contribution is 0.120. The van der Waals surface area contributed by atoms with Crippen LogP contribution >= 0.6 is 11.3 Å². The first kappa shape index (κ1) is 43.6. The fraction of sp³-hybridized carbons (Fsp3) is 0.333. The van der Waals surface area contributed by atoms with E-state index in [0.29, 0.717) is 18.1 Å². The van der Waals surface area contributed by atoms with E-state index in [1.54, 1.807) is 29.9 Å². The number of aromatic nitrogens is 4. The summed E-state index contributed by atoms with van der Waals surface area (Å²) in [6.07, 6.45) is 8.70. The van der Waals surface area contributed by atoms with Crippen molar-refractivity contribution in [3.63, 3.8) is 0 Å². The Labute approximate surface area is 375 Å². The highest BCUT2D eigenvalue weighted by molar-refractivity contribution is 7.15. The Morgan fingerprint density at radius 1 is 0.794 bits per heavy atom. The summed E-state index contributed by atoms with van der Waals surface area (Å²) in [5.74, 6) is 3.65. The molecule has 2 N–H and O–H groups in total. The summed E-state index contributed by atoms with van der Waals surface area (Å²) in [6, 6.07) is 36.2. The van der Waals surface area contributed by atoms with Crippen molar-refractivity contribution >= 4 is 22.7 Å². The van der Waals surface area contributed by atoms with Crippen molar-refractivity contribution < 1.29 is 14.3 Å². The van der Waals surface area contributed by atoms with Gasteiger partial charge < -0.3 is 19.6 Å². The molecular formula is C51H58N8O3S. The number of piperazine rings is 1. The van der Waals surface area contributed by atoms with Crippen LogP contribution in [-0.2, 0) is 19.3 Å². The van der Waals surface area contributed by atoms with Crippen molar-refractivity contribution in [2.75, 3.05) is 57.7 Å². The van der Waals surface area contributed by atoms with Crippen LogP contribution in [0, 0.1) is 20.8 Å². The van der Waals surface area contributed by atoms with Crippen molar-refractivity contribution in [3.05, 3.63) is 172 Å². The van der Waals surface area contributed by atoms with E-state index in [9.17, 15) is 5.11 Å². The molecule has 5 heterocycles. The average molecular weight is 863 g/mol. The quantitative estimate of drug-likeness (QED) is 0.131. The number of benzene rings is 4. The molecule has 1 unspecified atom stereocenters. The van der Waals surface area contributed by atoms with Gasteiger partial charge in [-0.05, 0) is 99.5 Å². The standard InChI is InChI=1S/C35H40N8O2S.C10H12O.C6H6/c1-24-25(2)46-35-32(24)33(38-30(23-31-37-14-21-45-31)34-40-39-26(3)43(34)35)27-9-11-28(12-10-27)36-13-15-41-16-18-42(19-17-41)20-22-44-29-7-5-4-6-8-29;11-10-6-5-8-3-1-2-4-9(8)7-10;1-2-4-6-5-3-1/h4-12,14,21,30,36H,13,15-20,22-23H2,1-3H3;5-7,11H,1-4H2;1-6H. The lowest BCUT2D eigenvalue weighted by Crippen LogP contribution is -2.48. The predicted molar refractivity (Wildman–Crippen MR) is 253 cm³/mol. The number of hydrogen-bond acceptors (Lipinski definition) is 11. The van der Waals surface area contributed by atoms with Gasteiger partial charge >= 0.3 is 0 Å². The largest absolute Gasteiger partial charge is 0.508 e. The lowest BCUT2D eigenvalue weighted by Gasteiger charge is -2.34. The maximum Gasteiger partial charge on any atom is 0.196 e. The smallest absolute Gasteiger partial charge is 0.196 e. The monoisotopic (exact) mass is 862 g/mol. The molecule has 2 aliphatic heterocycles. The molecular weight excluding hydrogens is 805 g/mol. The predicted octanol–water partition coefficient (Wildman–Crippen LogP) is 9.44. The van der Waals surface area contributed by atoms with Crippen molar-refractivity contribution in [1.82, 2.24) is 29.5 Å². The first-order chi connectivity index (χ1) is 30.9. The first-order valence-electron chi connectivity index (χ1n) is 22.2. The molecule has 10 rings (SSSR count). The molecule has 1 fully saturated rings. The van der Waals surface area contributed by atoms with Gasteiger partial charge in [-0.25, -0.2) is 4.98 Å². The Hall–Kier alpha value is -6.08. The van der Waals surface area contributed by atoms with Crippen LogP contribution in [0.25, 0.3) is 5.00 Å². The van der Waals surface area contributed by atoms with Gasteiger partial charge in [0.05, 0.1) is 18.3 Å². The highest BCUT2D eigenvalue weighted by Gasteiger charge is 2.32. The summed E-state index contributed by atoms with van der Waals surface area (Å²) in [5.41, 5.74) is 8.31. The second-order valence-corrected chi connectivity index (χ2v) is 17.4. The fourth-order valence-corrected chi connectivity index (χ4v) is 9.51. The Morgan fingerprint density at radius 3 is 2.17 bits per heavy atom. The van der Waals surface area contributed by atoms with Crippen LogP contribution in [-0.4, -0.2) is 92.8 Å². The van der Waals surface area contributed by atoms with Gasteiger partial charge in [-0.1, -0.05) is 72.8 Å². The van der Waals surface area contributed by atoms with Crippen molar-refractivity contribution in [2.45, 2.75) is 58.9 Å². The molecule has 11 nitrogen and oxygen atoms in total. The topological polar surface area (TPSA) is 117 Å². The fourth-order valence-electron chi connectivity index (χ4n) is 8.30. The minimum Gasteiger partial charge on any atom is -0.508 e. The summed E-state index contributed by atoms with van der Waals surface area (Å²) in [5, 5.41) is 23.0. The third-order valence-electron chi connectivity index (χ3n) is 11.9. The number of ether oxygens (including phenoxy) is 1. The first-order valence-corrected chi connectivity index (χ1v) is 23.0. The van der Waals surface area contributed by atoms with Crippen LogP contribution in [0.4, 0.5) is 5.69 Å². The molecule has 12 heteroatoms. The number of aryl methyl sites for hydroxylation is 4. The molecule has 0 bridgehead atoms. The number of phenols is 1. The third-order valence-corrected chi connectivity index (χ3v) is 13.1. The number of hydrogen-bond donors (Lipinski definition) is 2. The Bertz CT molecular complexity index is 2480. The summed E-state index contributed by atoms with van der Waals surface area (Å²) in [7, 11) is 0. The van der Waals surface area contributed by atoms with Crippen molar-refractivity contribution in [1.29, 1.82) is 0 Å². The van der Waals surface area contributed by atoms with E-state index in [0.717, 1.165) is 104 Å². The van der Waals surface area contributed by atoms with E-state index < -0.39 is 0 Å². The Balaban J connectivity index is 0.000000264. The van der Waals surface area contributed by atoms with Crippen molar-refractivity contribution in [2.24, 2.45) is 4.99 Å². The molecule has 0 radical (unpaired) electrons. The zero-order chi connectivity index (χ0) is 43.4. The number of rotatable bonds is 11. The third kappa shape index (κ3) is 11.3.